The summed E-state index contributed by atoms with van der Waals surface area (Å²) in [6, 6.07) is 15.8. The third-order valence-corrected chi connectivity index (χ3v) is 3.61. The molecule has 0 amide bonds. The Morgan fingerprint density at radius 2 is 2.00 bits per heavy atom. The molecule has 1 atom stereocenters. The zero-order chi connectivity index (χ0) is 14.8. The van der Waals surface area contributed by atoms with Crippen LogP contribution in [0.3, 0.4) is 0 Å². The van der Waals surface area contributed by atoms with Crippen LogP contribution in [0, 0.1) is 0 Å². The third kappa shape index (κ3) is 2.50. The van der Waals surface area contributed by atoms with Crippen molar-refractivity contribution < 1.29 is 4.74 Å². The summed E-state index contributed by atoms with van der Waals surface area (Å²) < 4.78 is 7.42. The fourth-order valence-electron chi connectivity index (χ4n) is 2.59. The van der Waals surface area contributed by atoms with Crippen molar-refractivity contribution in [3.63, 3.8) is 0 Å². The van der Waals surface area contributed by atoms with E-state index in [-0.39, 0.29) is 6.04 Å². The maximum Gasteiger partial charge on any atom is 0.119 e. The summed E-state index contributed by atoms with van der Waals surface area (Å²) in [5.74, 6) is 0.839. The summed E-state index contributed by atoms with van der Waals surface area (Å²) in [6.07, 6.45) is 0. The first-order valence-electron chi connectivity index (χ1n) is 7.10. The van der Waals surface area contributed by atoms with E-state index in [2.05, 4.69) is 17.2 Å². The predicted octanol–water partition coefficient (Wildman–Crippen LogP) is 3.02. The van der Waals surface area contributed by atoms with Gasteiger partial charge in [-0.2, -0.15) is 5.10 Å². The van der Waals surface area contributed by atoms with Crippen LogP contribution in [0.1, 0.15) is 24.2 Å². The first kappa shape index (κ1) is 13.6. The van der Waals surface area contributed by atoms with E-state index in [1.807, 2.05) is 55.1 Å². The molecule has 3 rings (SSSR count). The second kappa shape index (κ2) is 5.58. The fraction of sp³-hybridized carbons (Fsp3) is 0.235. The van der Waals surface area contributed by atoms with Crippen LogP contribution in [-0.4, -0.2) is 16.4 Å². The molecule has 1 heterocycles. The molecule has 0 aliphatic heterocycles. The molecule has 0 spiro atoms. The highest BCUT2D eigenvalue weighted by atomic mass is 16.5. The molecule has 2 N–H and O–H groups in total. The number of rotatable bonds is 4. The number of nitrogens with zero attached hydrogens (tertiary/aromatic N) is 2. The van der Waals surface area contributed by atoms with Crippen molar-refractivity contribution >= 4 is 10.9 Å². The van der Waals surface area contributed by atoms with Crippen LogP contribution in [0.4, 0.5) is 0 Å². The molecule has 0 fully saturated rings. The van der Waals surface area contributed by atoms with E-state index in [1.165, 1.54) is 0 Å². The Kier molecular flexibility index (Phi) is 3.62. The second-order valence-corrected chi connectivity index (χ2v) is 5.01. The lowest BCUT2D eigenvalue weighted by Gasteiger charge is -2.12. The van der Waals surface area contributed by atoms with Crippen molar-refractivity contribution in [1.82, 2.24) is 9.78 Å². The first-order chi connectivity index (χ1) is 10.2. The predicted molar refractivity (Wildman–Crippen MR) is 84.4 cm³/mol. The van der Waals surface area contributed by atoms with Crippen molar-refractivity contribution in [2.45, 2.75) is 13.0 Å². The number of benzene rings is 2. The Hall–Kier alpha value is -2.33. The molecule has 108 valence electrons. The summed E-state index contributed by atoms with van der Waals surface area (Å²) in [4.78, 5) is 0. The number of aromatic nitrogens is 2. The second-order valence-electron chi connectivity index (χ2n) is 5.01. The largest absolute Gasteiger partial charge is 0.494 e. The van der Waals surface area contributed by atoms with E-state index in [0.29, 0.717) is 6.61 Å². The van der Waals surface area contributed by atoms with Crippen molar-refractivity contribution in [2.75, 3.05) is 6.61 Å². The van der Waals surface area contributed by atoms with Gasteiger partial charge in [0, 0.05) is 12.4 Å². The first-order valence-corrected chi connectivity index (χ1v) is 7.10. The van der Waals surface area contributed by atoms with Gasteiger partial charge in [0.25, 0.3) is 0 Å². The lowest BCUT2D eigenvalue weighted by Crippen LogP contribution is -2.13. The average molecular weight is 281 g/mol. The molecule has 0 saturated heterocycles. The van der Waals surface area contributed by atoms with E-state index in [4.69, 9.17) is 10.5 Å². The summed E-state index contributed by atoms with van der Waals surface area (Å²) in [5.41, 5.74) is 9.41. The third-order valence-electron chi connectivity index (χ3n) is 3.61. The Morgan fingerprint density at radius 3 is 2.81 bits per heavy atom. The monoisotopic (exact) mass is 281 g/mol. The summed E-state index contributed by atoms with van der Waals surface area (Å²) in [5, 5.41) is 5.68. The Morgan fingerprint density at radius 1 is 1.19 bits per heavy atom. The molecule has 0 aliphatic rings. The van der Waals surface area contributed by atoms with E-state index in [9.17, 15) is 0 Å². The molecular formula is C17H19N3O. The molecule has 4 nitrogen and oxygen atoms in total. The highest BCUT2D eigenvalue weighted by Crippen LogP contribution is 2.28. The molecule has 0 saturated carbocycles. The number of hydrogen-bond donors (Lipinski definition) is 1. The Labute approximate surface area is 124 Å². The van der Waals surface area contributed by atoms with E-state index < -0.39 is 0 Å². The van der Waals surface area contributed by atoms with Crippen LogP contribution in [0.15, 0.2) is 48.5 Å². The Bertz CT molecular complexity index is 764. The van der Waals surface area contributed by atoms with Crippen molar-refractivity contribution in [3.8, 4) is 5.75 Å². The number of aryl methyl sites for hydroxylation is 1. The molecular weight excluding hydrogens is 262 g/mol. The lowest BCUT2D eigenvalue weighted by atomic mass is 10.0. The number of para-hydroxylation sites is 1. The van der Waals surface area contributed by atoms with Crippen LogP contribution in [0.2, 0.25) is 0 Å². The SMILES string of the molecule is CCOc1cccc(C(N)c2nn(C)c3ccccc23)c1. The maximum atomic E-state index is 6.43. The van der Waals surface area contributed by atoms with E-state index in [0.717, 1.165) is 27.9 Å². The molecule has 4 heteroatoms. The van der Waals surface area contributed by atoms with E-state index in [1.54, 1.807) is 0 Å². The van der Waals surface area contributed by atoms with Crippen molar-refractivity contribution in [2.24, 2.45) is 12.8 Å². The van der Waals surface area contributed by atoms with E-state index >= 15 is 0 Å². The number of nitrogens with two attached hydrogens (primary N) is 1. The summed E-state index contributed by atoms with van der Waals surface area (Å²) >= 11 is 0. The van der Waals surface area contributed by atoms with Gasteiger partial charge in [0.05, 0.1) is 23.9 Å². The van der Waals surface area contributed by atoms with Gasteiger partial charge in [-0.25, -0.2) is 0 Å². The zero-order valence-electron chi connectivity index (χ0n) is 12.3. The number of hydrogen-bond acceptors (Lipinski definition) is 3. The normalized spacial score (nSPS) is 12.5. The van der Waals surface area contributed by atoms with Gasteiger partial charge in [0.1, 0.15) is 5.75 Å². The molecule has 1 aromatic heterocycles. The van der Waals surface area contributed by atoms with Gasteiger partial charge in [0.15, 0.2) is 0 Å². The minimum absolute atomic E-state index is 0.267. The topological polar surface area (TPSA) is 53.1 Å². The molecule has 1 unspecified atom stereocenters. The lowest BCUT2D eigenvalue weighted by molar-refractivity contribution is 0.340. The van der Waals surface area contributed by atoms with Crippen LogP contribution >= 0.6 is 0 Å². The summed E-state index contributed by atoms with van der Waals surface area (Å²) in [7, 11) is 1.94. The fourth-order valence-corrected chi connectivity index (χ4v) is 2.59. The molecule has 21 heavy (non-hydrogen) atoms. The molecule has 3 aromatic rings. The van der Waals surface area contributed by atoms with Gasteiger partial charge >= 0.3 is 0 Å². The standard InChI is InChI=1S/C17H19N3O/c1-3-21-13-8-6-7-12(11-13)16(18)17-14-9-4-5-10-15(14)20(2)19-17/h4-11,16H,3,18H2,1-2H3. The van der Waals surface area contributed by atoms with Crippen LogP contribution in [0.25, 0.3) is 10.9 Å². The van der Waals surface area contributed by atoms with Gasteiger partial charge in [-0.1, -0.05) is 30.3 Å². The average Bonchev–Trinajstić information content (AvgIpc) is 2.85. The van der Waals surface area contributed by atoms with Gasteiger partial charge < -0.3 is 10.5 Å². The highest BCUT2D eigenvalue weighted by molar-refractivity contribution is 5.82. The number of ether oxygens (including phenoxy) is 1. The molecule has 0 bridgehead atoms. The van der Waals surface area contributed by atoms with Gasteiger partial charge in [-0.3, -0.25) is 4.68 Å². The molecule has 0 aliphatic carbocycles. The van der Waals surface area contributed by atoms with Crippen molar-refractivity contribution in [3.05, 3.63) is 59.8 Å². The minimum Gasteiger partial charge on any atom is -0.494 e. The Balaban J connectivity index is 2.04. The zero-order valence-corrected chi connectivity index (χ0v) is 12.3. The van der Waals surface area contributed by atoms with Gasteiger partial charge in [-0.05, 0) is 30.7 Å². The maximum absolute atomic E-state index is 6.43. The molecule has 0 radical (unpaired) electrons. The highest BCUT2D eigenvalue weighted by Gasteiger charge is 2.17. The van der Waals surface area contributed by atoms with Crippen LogP contribution in [0.5, 0.6) is 5.75 Å². The molecule has 2 aromatic carbocycles. The smallest absolute Gasteiger partial charge is 0.119 e. The summed E-state index contributed by atoms with van der Waals surface area (Å²) in [6.45, 7) is 2.62. The van der Waals surface area contributed by atoms with Crippen molar-refractivity contribution in [1.29, 1.82) is 0 Å². The van der Waals surface area contributed by atoms with Crippen LogP contribution < -0.4 is 10.5 Å². The van der Waals surface area contributed by atoms with Gasteiger partial charge in [0.2, 0.25) is 0 Å². The number of fused-ring (bicyclic) bond motifs is 1. The van der Waals surface area contributed by atoms with Crippen LogP contribution in [-0.2, 0) is 7.05 Å². The quantitative estimate of drug-likeness (QED) is 0.799. The van der Waals surface area contributed by atoms with Gasteiger partial charge in [-0.15, -0.1) is 0 Å². The minimum atomic E-state index is -0.267.